The number of rotatable bonds is 5. The topological polar surface area (TPSA) is 50.8 Å². The molecule has 114 valence electrons. The van der Waals surface area contributed by atoms with Crippen molar-refractivity contribution in [1.82, 2.24) is 0 Å². The van der Waals surface area contributed by atoms with Crippen molar-refractivity contribution in [3.63, 3.8) is 0 Å². The second-order valence-corrected chi connectivity index (χ2v) is 5.38. The fourth-order valence-electron chi connectivity index (χ4n) is 2.82. The molecular weight excluding hydrogens is 274 g/mol. The van der Waals surface area contributed by atoms with Gasteiger partial charge in [0.25, 0.3) is 0 Å². The summed E-state index contributed by atoms with van der Waals surface area (Å²) in [6.07, 6.45) is 1.75. The standard InChI is InChI=1S/C18H21N3O/c1-22-17-9-5-8-16(13-17)21-18(12-15(20-21)10-11-19)14-6-3-2-4-7-14/h2-9,13,18H,10-12,19H2,1H3. The van der Waals surface area contributed by atoms with E-state index < -0.39 is 0 Å². The van der Waals surface area contributed by atoms with E-state index in [1.165, 1.54) is 5.56 Å². The van der Waals surface area contributed by atoms with Crippen LogP contribution in [0.2, 0.25) is 0 Å². The number of anilines is 1. The average molecular weight is 295 g/mol. The van der Waals surface area contributed by atoms with Crippen molar-refractivity contribution in [3.05, 3.63) is 60.2 Å². The number of benzene rings is 2. The Morgan fingerprint density at radius 2 is 2.00 bits per heavy atom. The summed E-state index contributed by atoms with van der Waals surface area (Å²) in [6.45, 7) is 0.631. The van der Waals surface area contributed by atoms with Crippen molar-refractivity contribution in [1.29, 1.82) is 0 Å². The minimum Gasteiger partial charge on any atom is -0.497 e. The molecule has 1 unspecified atom stereocenters. The normalized spacial score (nSPS) is 17.5. The molecule has 0 saturated heterocycles. The Morgan fingerprint density at radius 3 is 2.73 bits per heavy atom. The predicted molar refractivity (Wildman–Crippen MR) is 90.4 cm³/mol. The highest BCUT2D eigenvalue weighted by Crippen LogP contribution is 2.36. The average Bonchev–Trinajstić information content (AvgIpc) is 3.00. The van der Waals surface area contributed by atoms with Crippen LogP contribution in [0.15, 0.2) is 59.7 Å². The summed E-state index contributed by atoms with van der Waals surface area (Å²) in [4.78, 5) is 0. The first kappa shape index (κ1) is 14.6. The molecule has 0 spiro atoms. The first-order valence-corrected chi connectivity index (χ1v) is 7.56. The van der Waals surface area contributed by atoms with E-state index in [-0.39, 0.29) is 6.04 Å². The molecule has 2 aromatic rings. The first-order chi connectivity index (χ1) is 10.8. The number of hydrazone groups is 1. The number of hydrogen-bond acceptors (Lipinski definition) is 4. The van der Waals surface area contributed by atoms with Gasteiger partial charge in [0.2, 0.25) is 0 Å². The highest BCUT2D eigenvalue weighted by atomic mass is 16.5. The van der Waals surface area contributed by atoms with Gasteiger partial charge in [0.15, 0.2) is 0 Å². The third-order valence-electron chi connectivity index (χ3n) is 3.91. The fourth-order valence-corrected chi connectivity index (χ4v) is 2.82. The van der Waals surface area contributed by atoms with Crippen LogP contribution in [0.25, 0.3) is 0 Å². The summed E-state index contributed by atoms with van der Waals surface area (Å²) in [5.74, 6) is 0.840. The molecule has 0 fully saturated rings. The van der Waals surface area contributed by atoms with Gasteiger partial charge in [0.05, 0.1) is 18.8 Å². The van der Waals surface area contributed by atoms with Crippen molar-refractivity contribution in [3.8, 4) is 5.75 Å². The quantitative estimate of drug-likeness (QED) is 0.920. The lowest BCUT2D eigenvalue weighted by Gasteiger charge is -2.24. The summed E-state index contributed by atoms with van der Waals surface area (Å²) in [6, 6.07) is 18.7. The molecule has 0 aromatic heterocycles. The summed E-state index contributed by atoms with van der Waals surface area (Å²) >= 11 is 0. The monoisotopic (exact) mass is 295 g/mol. The number of nitrogens with zero attached hydrogens (tertiary/aromatic N) is 2. The van der Waals surface area contributed by atoms with Gasteiger partial charge in [0.1, 0.15) is 5.75 Å². The second kappa shape index (κ2) is 6.62. The van der Waals surface area contributed by atoms with Gasteiger partial charge < -0.3 is 10.5 Å². The van der Waals surface area contributed by atoms with E-state index in [0.717, 1.165) is 30.0 Å². The van der Waals surface area contributed by atoms with Gasteiger partial charge in [-0.2, -0.15) is 5.10 Å². The van der Waals surface area contributed by atoms with Crippen molar-refractivity contribution < 1.29 is 4.74 Å². The van der Waals surface area contributed by atoms with E-state index in [2.05, 4.69) is 35.3 Å². The minimum absolute atomic E-state index is 0.217. The van der Waals surface area contributed by atoms with E-state index in [9.17, 15) is 0 Å². The maximum atomic E-state index is 5.70. The van der Waals surface area contributed by atoms with Crippen molar-refractivity contribution >= 4 is 11.4 Å². The fraction of sp³-hybridized carbons (Fsp3) is 0.278. The minimum atomic E-state index is 0.217. The van der Waals surface area contributed by atoms with E-state index in [1.54, 1.807) is 7.11 Å². The van der Waals surface area contributed by atoms with Gasteiger partial charge in [0, 0.05) is 18.2 Å². The molecule has 1 aliphatic heterocycles. The molecule has 1 atom stereocenters. The number of hydrogen-bond donors (Lipinski definition) is 1. The van der Waals surface area contributed by atoms with E-state index >= 15 is 0 Å². The molecular formula is C18H21N3O. The Hall–Kier alpha value is -2.33. The van der Waals surface area contributed by atoms with Crippen LogP contribution in [0.1, 0.15) is 24.4 Å². The van der Waals surface area contributed by atoms with Gasteiger partial charge in [-0.1, -0.05) is 36.4 Å². The van der Waals surface area contributed by atoms with E-state index in [4.69, 9.17) is 15.6 Å². The molecule has 3 rings (SSSR count). The predicted octanol–water partition coefficient (Wildman–Crippen LogP) is 3.35. The Labute approximate surface area is 131 Å². The van der Waals surface area contributed by atoms with Crippen LogP contribution in [0.5, 0.6) is 5.75 Å². The molecule has 0 saturated carbocycles. The molecule has 1 heterocycles. The van der Waals surface area contributed by atoms with Crippen molar-refractivity contribution in [2.24, 2.45) is 10.8 Å². The van der Waals surface area contributed by atoms with Crippen LogP contribution >= 0.6 is 0 Å². The van der Waals surface area contributed by atoms with Crippen molar-refractivity contribution in [2.75, 3.05) is 18.7 Å². The van der Waals surface area contributed by atoms with Gasteiger partial charge in [-0.3, -0.25) is 5.01 Å². The van der Waals surface area contributed by atoms with Crippen LogP contribution in [-0.4, -0.2) is 19.4 Å². The second-order valence-electron chi connectivity index (χ2n) is 5.38. The molecule has 0 bridgehead atoms. The Kier molecular flexibility index (Phi) is 4.39. The van der Waals surface area contributed by atoms with E-state index in [0.29, 0.717) is 6.54 Å². The summed E-state index contributed by atoms with van der Waals surface area (Å²) in [5, 5.41) is 6.88. The van der Waals surface area contributed by atoms with Gasteiger partial charge in [-0.15, -0.1) is 0 Å². The summed E-state index contributed by atoms with van der Waals surface area (Å²) in [7, 11) is 1.68. The Morgan fingerprint density at radius 1 is 1.18 bits per heavy atom. The lowest BCUT2D eigenvalue weighted by atomic mass is 10.0. The molecule has 0 radical (unpaired) electrons. The van der Waals surface area contributed by atoms with Crippen LogP contribution in [0.4, 0.5) is 5.69 Å². The number of nitrogens with two attached hydrogens (primary N) is 1. The molecule has 2 N–H and O–H groups in total. The zero-order valence-electron chi connectivity index (χ0n) is 12.8. The van der Waals surface area contributed by atoms with Crippen LogP contribution in [0.3, 0.4) is 0 Å². The first-order valence-electron chi connectivity index (χ1n) is 7.56. The molecule has 4 heteroatoms. The smallest absolute Gasteiger partial charge is 0.120 e. The van der Waals surface area contributed by atoms with Gasteiger partial charge in [-0.25, -0.2) is 0 Å². The maximum Gasteiger partial charge on any atom is 0.120 e. The molecule has 1 aliphatic rings. The largest absolute Gasteiger partial charge is 0.497 e. The lowest BCUT2D eigenvalue weighted by molar-refractivity contribution is 0.414. The molecule has 22 heavy (non-hydrogen) atoms. The van der Waals surface area contributed by atoms with E-state index in [1.807, 2.05) is 24.3 Å². The molecule has 0 amide bonds. The molecule has 0 aliphatic carbocycles. The maximum absolute atomic E-state index is 5.70. The van der Waals surface area contributed by atoms with Gasteiger partial charge >= 0.3 is 0 Å². The third kappa shape index (κ3) is 2.97. The van der Waals surface area contributed by atoms with Gasteiger partial charge in [-0.05, 0) is 30.7 Å². The highest BCUT2D eigenvalue weighted by molar-refractivity contribution is 5.89. The SMILES string of the molecule is COc1cccc(N2N=C(CCN)CC2c2ccccc2)c1. The van der Waals surface area contributed by atoms with Crippen molar-refractivity contribution in [2.45, 2.75) is 18.9 Å². The summed E-state index contributed by atoms with van der Waals surface area (Å²) in [5.41, 5.74) is 9.16. The molecule has 2 aromatic carbocycles. The van der Waals surface area contributed by atoms with Crippen LogP contribution in [-0.2, 0) is 0 Å². The lowest BCUT2D eigenvalue weighted by Crippen LogP contribution is -2.18. The number of ether oxygens (including phenoxy) is 1. The third-order valence-corrected chi connectivity index (χ3v) is 3.91. The van der Waals surface area contributed by atoms with Crippen LogP contribution in [0, 0.1) is 0 Å². The number of methoxy groups -OCH3 is 1. The Balaban J connectivity index is 1.95. The molecule has 4 nitrogen and oxygen atoms in total. The Bertz CT molecular complexity index is 654. The highest BCUT2D eigenvalue weighted by Gasteiger charge is 2.28. The summed E-state index contributed by atoms with van der Waals surface area (Å²) < 4.78 is 5.33. The zero-order chi connectivity index (χ0) is 15.4. The van der Waals surface area contributed by atoms with Crippen LogP contribution < -0.4 is 15.5 Å². The zero-order valence-corrected chi connectivity index (χ0v) is 12.8.